The standard InChI is InChI=1S/C17H14ClNO2/c1-10-5-3-6-12-9-15(21-16(10)12)17(20)19-14-8-4-7-13(18)11(14)2/h3-9H,1-2H3,(H,19,20). The van der Waals surface area contributed by atoms with Gasteiger partial charge in [0, 0.05) is 16.1 Å². The van der Waals surface area contributed by atoms with Crippen LogP contribution in [0.1, 0.15) is 21.7 Å². The number of benzene rings is 2. The minimum Gasteiger partial charge on any atom is -0.451 e. The minimum absolute atomic E-state index is 0.282. The molecule has 1 heterocycles. The van der Waals surface area contributed by atoms with Crippen LogP contribution in [0.4, 0.5) is 5.69 Å². The topological polar surface area (TPSA) is 42.2 Å². The van der Waals surface area contributed by atoms with E-state index in [2.05, 4.69) is 5.32 Å². The smallest absolute Gasteiger partial charge is 0.291 e. The molecule has 3 rings (SSSR count). The summed E-state index contributed by atoms with van der Waals surface area (Å²) in [4.78, 5) is 12.3. The molecule has 1 aromatic heterocycles. The Bertz CT molecular complexity index is 836. The molecule has 0 aliphatic carbocycles. The van der Waals surface area contributed by atoms with Gasteiger partial charge in [-0.1, -0.05) is 35.9 Å². The Morgan fingerprint density at radius 2 is 1.90 bits per heavy atom. The van der Waals surface area contributed by atoms with Gasteiger partial charge in [-0.2, -0.15) is 0 Å². The number of halogens is 1. The molecule has 21 heavy (non-hydrogen) atoms. The maximum absolute atomic E-state index is 12.3. The molecule has 2 aromatic carbocycles. The Kier molecular flexibility index (Phi) is 3.43. The van der Waals surface area contributed by atoms with E-state index in [1.807, 2.05) is 38.1 Å². The van der Waals surface area contributed by atoms with Crippen molar-refractivity contribution in [2.24, 2.45) is 0 Å². The number of rotatable bonds is 2. The predicted molar refractivity (Wildman–Crippen MR) is 85.1 cm³/mol. The van der Waals surface area contributed by atoms with Gasteiger partial charge in [0.25, 0.3) is 5.91 Å². The van der Waals surface area contributed by atoms with Crippen molar-refractivity contribution in [3.63, 3.8) is 0 Å². The molecule has 3 nitrogen and oxygen atoms in total. The zero-order chi connectivity index (χ0) is 15.0. The van der Waals surface area contributed by atoms with E-state index < -0.39 is 0 Å². The number of hydrogen-bond donors (Lipinski definition) is 1. The second-order valence-electron chi connectivity index (χ2n) is 4.97. The predicted octanol–water partition coefficient (Wildman–Crippen LogP) is 4.96. The first kappa shape index (κ1) is 13.7. The highest BCUT2D eigenvalue weighted by atomic mass is 35.5. The fourth-order valence-electron chi connectivity index (χ4n) is 2.25. The lowest BCUT2D eigenvalue weighted by Crippen LogP contribution is -2.11. The number of para-hydroxylation sites is 1. The van der Waals surface area contributed by atoms with Crippen molar-refractivity contribution in [1.82, 2.24) is 0 Å². The highest BCUT2D eigenvalue weighted by Crippen LogP contribution is 2.26. The molecule has 3 aromatic rings. The summed E-state index contributed by atoms with van der Waals surface area (Å²) in [5.41, 5.74) is 3.26. The highest BCUT2D eigenvalue weighted by Gasteiger charge is 2.14. The molecule has 0 aliphatic heterocycles. The first-order valence-corrected chi connectivity index (χ1v) is 6.99. The fourth-order valence-corrected chi connectivity index (χ4v) is 2.42. The lowest BCUT2D eigenvalue weighted by atomic mass is 10.2. The van der Waals surface area contributed by atoms with Crippen LogP contribution in [-0.4, -0.2) is 5.91 Å². The van der Waals surface area contributed by atoms with Crippen molar-refractivity contribution in [3.05, 3.63) is 64.4 Å². The zero-order valence-corrected chi connectivity index (χ0v) is 12.5. The van der Waals surface area contributed by atoms with Crippen molar-refractivity contribution in [1.29, 1.82) is 0 Å². The molecule has 0 spiro atoms. The second-order valence-corrected chi connectivity index (χ2v) is 5.38. The van der Waals surface area contributed by atoms with Gasteiger partial charge < -0.3 is 9.73 Å². The number of aryl methyl sites for hydroxylation is 1. The van der Waals surface area contributed by atoms with Crippen LogP contribution in [0.2, 0.25) is 5.02 Å². The maximum atomic E-state index is 12.3. The average molecular weight is 300 g/mol. The minimum atomic E-state index is -0.282. The Morgan fingerprint density at radius 1 is 1.14 bits per heavy atom. The number of hydrogen-bond acceptors (Lipinski definition) is 2. The average Bonchev–Trinajstić information content (AvgIpc) is 2.89. The molecule has 0 bridgehead atoms. The van der Waals surface area contributed by atoms with Crippen LogP contribution in [-0.2, 0) is 0 Å². The number of amides is 1. The molecule has 0 unspecified atom stereocenters. The molecule has 4 heteroatoms. The summed E-state index contributed by atoms with van der Waals surface area (Å²) in [7, 11) is 0. The third-order valence-electron chi connectivity index (χ3n) is 3.48. The van der Waals surface area contributed by atoms with Gasteiger partial charge in [0.15, 0.2) is 5.76 Å². The van der Waals surface area contributed by atoms with Gasteiger partial charge in [-0.05, 0) is 43.2 Å². The molecule has 1 N–H and O–H groups in total. The number of anilines is 1. The SMILES string of the molecule is Cc1c(Cl)cccc1NC(=O)c1cc2cccc(C)c2o1. The maximum Gasteiger partial charge on any atom is 0.291 e. The van der Waals surface area contributed by atoms with Crippen LogP contribution in [0.5, 0.6) is 0 Å². The molecular weight excluding hydrogens is 286 g/mol. The van der Waals surface area contributed by atoms with Gasteiger partial charge in [-0.15, -0.1) is 0 Å². The van der Waals surface area contributed by atoms with Crippen LogP contribution < -0.4 is 5.32 Å². The van der Waals surface area contributed by atoms with E-state index in [-0.39, 0.29) is 5.91 Å². The van der Waals surface area contributed by atoms with Crippen LogP contribution in [0.15, 0.2) is 46.9 Å². The molecule has 0 fully saturated rings. The van der Waals surface area contributed by atoms with Crippen molar-refractivity contribution >= 4 is 34.2 Å². The van der Waals surface area contributed by atoms with Gasteiger partial charge in [0.05, 0.1) is 0 Å². The van der Waals surface area contributed by atoms with Crippen LogP contribution in [0, 0.1) is 13.8 Å². The second kappa shape index (κ2) is 5.26. The van der Waals surface area contributed by atoms with Crippen LogP contribution >= 0.6 is 11.6 Å². The molecule has 106 valence electrons. The number of fused-ring (bicyclic) bond motifs is 1. The van der Waals surface area contributed by atoms with Crippen LogP contribution in [0.25, 0.3) is 11.0 Å². The summed E-state index contributed by atoms with van der Waals surface area (Å²) in [6.07, 6.45) is 0. The summed E-state index contributed by atoms with van der Waals surface area (Å²) < 4.78 is 5.66. The normalized spacial score (nSPS) is 10.8. The van der Waals surface area contributed by atoms with Crippen molar-refractivity contribution in [3.8, 4) is 0 Å². The van der Waals surface area contributed by atoms with Crippen molar-refractivity contribution in [2.75, 3.05) is 5.32 Å². The molecule has 0 radical (unpaired) electrons. The van der Waals surface area contributed by atoms with Gasteiger partial charge in [-0.3, -0.25) is 4.79 Å². The van der Waals surface area contributed by atoms with E-state index in [0.29, 0.717) is 16.5 Å². The van der Waals surface area contributed by atoms with Crippen molar-refractivity contribution in [2.45, 2.75) is 13.8 Å². The molecule has 0 atom stereocenters. The van der Waals surface area contributed by atoms with Gasteiger partial charge >= 0.3 is 0 Å². The van der Waals surface area contributed by atoms with Crippen LogP contribution in [0.3, 0.4) is 0 Å². The Hall–Kier alpha value is -2.26. The van der Waals surface area contributed by atoms with E-state index in [4.69, 9.17) is 16.0 Å². The first-order chi connectivity index (χ1) is 10.1. The van der Waals surface area contributed by atoms with Gasteiger partial charge in [-0.25, -0.2) is 0 Å². The fraction of sp³-hybridized carbons (Fsp3) is 0.118. The van der Waals surface area contributed by atoms with Gasteiger partial charge in [0.1, 0.15) is 5.58 Å². The third-order valence-corrected chi connectivity index (χ3v) is 3.89. The Balaban J connectivity index is 1.94. The van der Waals surface area contributed by atoms with E-state index in [1.54, 1.807) is 18.2 Å². The Morgan fingerprint density at radius 3 is 2.67 bits per heavy atom. The number of carbonyl (C=O) groups excluding carboxylic acids is 1. The van der Waals surface area contributed by atoms with Crippen molar-refractivity contribution < 1.29 is 9.21 Å². The molecule has 0 saturated heterocycles. The monoisotopic (exact) mass is 299 g/mol. The van der Waals surface area contributed by atoms with E-state index >= 15 is 0 Å². The first-order valence-electron chi connectivity index (χ1n) is 6.62. The lowest BCUT2D eigenvalue weighted by Gasteiger charge is -2.07. The largest absolute Gasteiger partial charge is 0.451 e. The van der Waals surface area contributed by atoms with E-state index in [1.165, 1.54) is 0 Å². The lowest BCUT2D eigenvalue weighted by molar-refractivity contribution is 0.0998. The zero-order valence-electron chi connectivity index (χ0n) is 11.7. The summed E-state index contributed by atoms with van der Waals surface area (Å²) in [5, 5.41) is 4.37. The molecule has 0 saturated carbocycles. The quantitative estimate of drug-likeness (QED) is 0.727. The van der Waals surface area contributed by atoms with Gasteiger partial charge in [0.2, 0.25) is 0 Å². The number of carbonyl (C=O) groups is 1. The molecule has 1 amide bonds. The third kappa shape index (κ3) is 2.52. The summed E-state index contributed by atoms with van der Waals surface area (Å²) >= 11 is 6.05. The number of furan rings is 1. The molecular formula is C17H14ClNO2. The van der Waals surface area contributed by atoms with E-state index in [9.17, 15) is 4.79 Å². The van der Waals surface area contributed by atoms with E-state index in [0.717, 1.165) is 22.1 Å². The summed E-state index contributed by atoms with van der Waals surface area (Å²) in [6.45, 7) is 3.81. The molecule has 0 aliphatic rings. The Labute approximate surface area is 127 Å². The highest BCUT2D eigenvalue weighted by molar-refractivity contribution is 6.31. The summed E-state index contributed by atoms with van der Waals surface area (Å²) in [5.74, 6) is 0.00893. The number of nitrogens with one attached hydrogen (secondary N) is 1. The summed E-state index contributed by atoms with van der Waals surface area (Å²) in [6, 6.07) is 13.0.